The van der Waals surface area contributed by atoms with Crippen LogP contribution in [-0.2, 0) is 24.6 Å². The number of hydrogen-bond acceptors (Lipinski definition) is 6. The van der Waals surface area contributed by atoms with Gasteiger partial charge >= 0.3 is 5.97 Å². The van der Waals surface area contributed by atoms with Crippen LogP contribution in [0.15, 0.2) is 30.7 Å². The zero-order valence-corrected chi connectivity index (χ0v) is 14.8. The number of aromatic nitrogens is 3. The van der Waals surface area contributed by atoms with Crippen molar-refractivity contribution in [3.8, 4) is 22.1 Å². The van der Waals surface area contributed by atoms with Crippen molar-refractivity contribution in [3.05, 3.63) is 46.7 Å². The Balaban J connectivity index is 1.87. The summed E-state index contributed by atoms with van der Waals surface area (Å²) in [5.41, 5.74) is 4.10. The quantitative estimate of drug-likeness (QED) is 0.669. The molecule has 0 aliphatic heterocycles. The topological polar surface area (TPSA) is 66.2 Å². The average molecular weight is 355 g/mol. The maximum atomic E-state index is 12.4. The van der Waals surface area contributed by atoms with E-state index in [4.69, 9.17) is 9.47 Å². The van der Waals surface area contributed by atoms with Gasteiger partial charge in [-0.1, -0.05) is 11.3 Å². The summed E-state index contributed by atoms with van der Waals surface area (Å²) in [6, 6.07) is 3.66. The van der Waals surface area contributed by atoms with E-state index in [1.165, 1.54) is 16.9 Å². The fraction of sp³-hybridized carbons (Fsp3) is 0.278. The molecule has 3 aromatic heterocycles. The highest BCUT2D eigenvalue weighted by Gasteiger charge is 2.32. The second-order valence-corrected chi connectivity index (χ2v) is 6.71. The summed E-state index contributed by atoms with van der Waals surface area (Å²) in [5.74, 6) is 0.339. The van der Waals surface area contributed by atoms with E-state index in [0.29, 0.717) is 22.3 Å². The first-order valence-electron chi connectivity index (χ1n) is 8.11. The molecule has 0 radical (unpaired) electrons. The Hall–Kier alpha value is -2.67. The normalized spacial score (nSPS) is 12.4. The van der Waals surface area contributed by atoms with Crippen molar-refractivity contribution in [1.82, 2.24) is 14.8 Å². The van der Waals surface area contributed by atoms with Crippen LogP contribution in [0.3, 0.4) is 0 Å². The van der Waals surface area contributed by atoms with Crippen molar-refractivity contribution in [1.29, 1.82) is 0 Å². The molecular formula is C18H17N3O3S. The molecule has 0 unspecified atom stereocenters. The van der Waals surface area contributed by atoms with Gasteiger partial charge in [0, 0.05) is 13.2 Å². The van der Waals surface area contributed by atoms with Crippen LogP contribution in [-0.4, -0.2) is 27.3 Å². The summed E-state index contributed by atoms with van der Waals surface area (Å²) in [7, 11) is 1.91. The van der Waals surface area contributed by atoms with Crippen LogP contribution < -0.4 is 4.74 Å². The van der Waals surface area contributed by atoms with Crippen LogP contribution in [0, 0.1) is 0 Å². The lowest BCUT2D eigenvalue weighted by Crippen LogP contribution is -2.10. The Morgan fingerprint density at radius 3 is 3.00 bits per heavy atom. The van der Waals surface area contributed by atoms with Crippen molar-refractivity contribution in [2.75, 3.05) is 6.61 Å². The molecule has 4 rings (SSSR count). The lowest BCUT2D eigenvalue weighted by atomic mass is 9.91. The Labute approximate surface area is 149 Å². The van der Waals surface area contributed by atoms with E-state index >= 15 is 0 Å². The standard InChI is InChI=1S/C18H17N3O3S/c1-3-23-17(22)16-13-7-6-11-9-20-21(2)15(11)14(13)18(25-16)24-12-5-4-8-19-10-12/h4-5,8-10H,3,6-7H2,1-2H3. The number of hydrogen-bond donors (Lipinski definition) is 0. The highest BCUT2D eigenvalue weighted by atomic mass is 32.1. The van der Waals surface area contributed by atoms with Crippen LogP contribution in [0.5, 0.6) is 10.8 Å². The number of pyridine rings is 1. The van der Waals surface area contributed by atoms with Gasteiger partial charge in [0.1, 0.15) is 10.6 Å². The minimum absolute atomic E-state index is 0.296. The molecule has 0 N–H and O–H groups in total. The fourth-order valence-electron chi connectivity index (χ4n) is 3.12. The number of esters is 1. The average Bonchev–Trinajstić information content (AvgIpc) is 3.17. The monoisotopic (exact) mass is 355 g/mol. The number of carbonyl (C=O) groups excluding carboxylic acids is 1. The lowest BCUT2D eigenvalue weighted by Gasteiger charge is -2.16. The largest absolute Gasteiger partial charge is 0.462 e. The van der Waals surface area contributed by atoms with E-state index in [9.17, 15) is 4.79 Å². The van der Waals surface area contributed by atoms with Gasteiger partial charge in [0.15, 0.2) is 5.06 Å². The third-order valence-electron chi connectivity index (χ3n) is 4.18. The van der Waals surface area contributed by atoms with Gasteiger partial charge in [-0.3, -0.25) is 9.67 Å². The van der Waals surface area contributed by atoms with Gasteiger partial charge in [0.2, 0.25) is 0 Å². The molecule has 0 bridgehead atoms. The highest BCUT2D eigenvalue weighted by Crippen LogP contribution is 2.48. The summed E-state index contributed by atoms with van der Waals surface area (Å²) >= 11 is 1.33. The van der Waals surface area contributed by atoms with E-state index < -0.39 is 0 Å². The zero-order valence-electron chi connectivity index (χ0n) is 14.0. The lowest BCUT2D eigenvalue weighted by molar-refractivity contribution is 0.0531. The van der Waals surface area contributed by atoms with Crippen LogP contribution in [0.1, 0.15) is 27.7 Å². The molecule has 0 amide bonds. The van der Waals surface area contributed by atoms with E-state index in [2.05, 4.69) is 10.1 Å². The van der Waals surface area contributed by atoms with Gasteiger partial charge in [-0.25, -0.2) is 4.79 Å². The summed E-state index contributed by atoms with van der Waals surface area (Å²) in [4.78, 5) is 17.1. The molecule has 7 heteroatoms. The van der Waals surface area contributed by atoms with E-state index in [0.717, 1.165) is 29.7 Å². The molecule has 25 heavy (non-hydrogen) atoms. The molecule has 128 valence electrons. The number of rotatable bonds is 4. The summed E-state index contributed by atoms with van der Waals surface area (Å²) in [6.07, 6.45) is 6.86. The predicted octanol–water partition coefficient (Wildman–Crippen LogP) is 3.61. The highest BCUT2D eigenvalue weighted by molar-refractivity contribution is 7.16. The molecule has 3 heterocycles. The number of aryl methyl sites for hydroxylation is 2. The number of fused-ring (bicyclic) bond motifs is 3. The molecule has 6 nitrogen and oxygen atoms in total. The van der Waals surface area contributed by atoms with Crippen LogP contribution in [0.2, 0.25) is 0 Å². The van der Waals surface area contributed by atoms with E-state index in [-0.39, 0.29) is 5.97 Å². The molecule has 0 fully saturated rings. The van der Waals surface area contributed by atoms with Crippen molar-refractivity contribution in [3.63, 3.8) is 0 Å². The second-order valence-electron chi connectivity index (χ2n) is 5.73. The first-order chi connectivity index (χ1) is 12.2. The minimum atomic E-state index is -0.296. The van der Waals surface area contributed by atoms with Gasteiger partial charge in [0.25, 0.3) is 0 Å². The number of nitrogens with zero attached hydrogens (tertiary/aromatic N) is 3. The fourth-order valence-corrected chi connectivity index (χ4v) is 4.23. The van der Waals surface area contributed by atoms with Gasteiger partial charge in [-0.15, -0.1) is 0 Å². The van der Waals surface area contributed by atoms with Gasteiger partial charge in [0.05, 0.1) is 30.3 Å². The maximum absolute atomic E-state index is 12.4. The van der Waals surface area contributed by atoms with Crippen molar-refractivity contribution >= 4 is 17.3 Å². The Kier molecular flexibility index (Phi) is 4.01. The summed E-state index contributed by atoms with van der Waals surface area (Å²) < 4.78 is 13.2. The number of thiophene rings is 1. The first-order valence-corrected chi connectivity index (χ1v) is 8.92. The molecule has 1 aliphatic carbocycles. The van der Waals surface area contributed by atoms with Crippen molar-refractivity contribution in [2.45, 2.75) is 19.8 Å². The molecule has 0 spiro atoms. The zero-order chi connectivity index (χ0) is 17.4. The number of ether oxygens (including phenoxy) is 2. The summed E-state index contributed by atoms with van der Waals surface area (Å²) in [5, 5.41) is 5.05. The van der Waals surface area contributed by atoms with Gasteiger partial charge < -0.3 is 9.47 Å². The second kappa shape index (κ2) is 6.33. The van der Waals surface area contributed by atoms with Gasteiger partial charge in [-0.2, -0.15) is 5.10 Å². The Bertz CT molecular complexity index is 931. The molecular weight excluding hydrogens is 338 g/mol. The minimum Gasteiger partial charge on any atom is -0.462 e. The van der Waals surface area contributed by atoms with Crippen LogP contribution in [0.25, 0.3) is 11.3 Å². The van der Waals surface area contributed by atoms with Crippen LogP contribution in [0.4, 0.5) is 0 Å². The molecule has 0 aromatic carbocycles. The predicted molar refractivity (Wildman–Crippen MR) is 94.2 cm³/mol. The molecule has 0 saturated heterocycles. The Morgan fingerprint density at radius 1 is 1.36 bits per heavy atom. The van der Waals surface area contributed by atoms with Crippen molar-refractivity contribution in [2.24, 2.45) is 7.05 Å². The Morgan fingerprint density at radius 2 is 2.24 bits per heavy atom. The molecule has 0 atom stereocenters. The molecule has 3 aromatic rings. The first kappa shape index (κ1) is 15.8. The summed E-state index contributed by atoms with van der Waals surface area (Å²) in [6.45, 7) is 2.16. The van der Waals surface area contributed by atoms with Gasteiger partial charge in [-0.05, 0) is 43.0 Å². The SMILES string of the molecule is CCOC(=O)c1sc(Oc2cccnc2)c2c1CCc1cnn(C)c1-2. The molecule has 1 aliphatic rings. The van der Waals surface area contributed by atoms with Crippen molar-refractivity contribution < 1.29 is 14.3 Å². The van der Waals surface area contributed by atoms with E-state index in [1.54, 1.807) is 12.4 Å². The van der Waals surface area contributed by atoms with Crippen LogP contribution >= 0.6 is 11.3 Å². The number of carbonyl (C=O) groups is 1. The van der Waals surface area contributed by atoms with E-state index in [1.807, 2.05) is 37.0 Å². The third-order valence-corrected chi connectivity index (χ3v) is 5.27. The maximum Gasteiger partial charge on any atom is 0.348 e. The smallest absolute Gasteiger partial charge is 0.348 e. The molecule has 0 saturated carbocycles. The third kappa shape index (κ3) is 2.70.